The lowest BCUT2D eigenvalue weighted by molar-refractivity contribution is 0.520. The molecule has 0 spiro atoms. The fourth-order valence-electron chi connectivity index (χ4n) is 6.41. The number of anilines is 2. The Kier molecular flexibility index (Phi) is 6.26. The first-order valence-electron chi connectivity index (χ1n) is 14.0. The summed E-state index contributed by atoms with van der Waals surface area (Å²) < 4.78 is 0. The van der Waals surface area contributed by atoms with Crippen molar-refractivity contribution in [2.24, 2.45) is 0 Å². The zero-order valence-electron chi connectivity index (χ0n) is 22.4. The number of hydrogen-bond donors (Lipinski definition) is 1. The normalized spacial score (nSPS) is 12.9. The molecule has 1 aliphatic carbocycles. The van der Waals surface area contributed by atoms with Crippen LogP contribution in [-0.4, -0.2) is 0 Å². The van der Waals surface area contributed by atoms with Crippen LogP contribution in [0.4, 0.5) is 11.4 Å². The number of nitrogens with one attached hydrogen (secondary N) is 1. The minimum atomic E-state index is -0.163. The summed E-state index contributed by atoms with van der Waals surface area (Å²) >= 11 is 0. The van der Waals surface area contributed by atoms with Crippen molar-refractivity contribution in [2.45, 2.75) is 18.3 Å². The van der Waals surface area contributed by atoms with Gasteiger partial charge < -0.3 is 5.32 Å². The highest BCUT2D eigenvalue weighted by atomic mass is 14.9. The average Bonchev–Trinajstić information content (AvgIpc) is 3.27. The van der Waals surface area contributed by atoms with Crippen LogP contribution >= 0.6 is 0 Å². The Bertz CT molecular complexity index is 1700. The molecule has 0 atom stereocenters. The van der Waals surface area contributed by atoms with E-state index < -0.39 is 0 Å². The van der Waals surface area contributed by atoms with Gasteiger partial charge in [-0.15, -0.1) is 0 Å². The SMILES string of the molecule is c1ccc(CC2(Cc3ccccc3)c3ccccc3-c3ccc(Nc4ccc(-c5ccccc5)cc4)cc32)cc1. The first-order valence-corrected chi connectivity index (χ1v) is 14.0. The summed E-state index contributed by atoms with van der Waals surface area (Å²) in [4.78, 5) is 0. The lowest BCUT2D eigenvalue weighted by Crippen LogP contribution is -2.31. The largest absolute Gasteiger partial charge is 0.356 e. The molecule has 0 radical (unpaired) electrons. The monoisotopic (exact) mass is 513 g/mol. The van der Waals surface area contributed by atoms with Crippen molar-refractivity contribution in [3.63, 3.8) is 0 Å². The molecule has 0 amide bonds. The smallest absolute Gasteiger partial charge is 0.0387 e. The maximum absolute atomic E-state index is 3.70. The third-order valence-corrected chi connectivity index (χ3v) is 8.25. The third-order valence-electron chi connectivity index (χ3n) is 8.25. The van der Waals surface area contributed by atoms with E-state index >= 15 is 0 Å². The molecule has 0 aromatic heterocycles. The van der Waals surface area contributed by atoms with Crippen molar-refractivity contribution in [3.05, 3.63) is 180 Å². The molecule has 0 saturated heterocycles. The minimum absolute atomic E-state index is 0.163. The molecule has 0 saturated carbocycles. The van der Waals surface area contributed by atoms with Gasteiger partial charge in [0.05, 0.1) is 0 Å². The highest BCUT2D eigenvalue weighted by Crippen LogP contribution is 2.53. The summed E-state index contributed by atoms with van der Waals surface area (Å²) in [5, 5.41) is 3.70. The second kappa shape index (κ2) is 10.4. The molecule has 1 N–H and O–H groups in total. The second-order valence-electron chi connectivity index (χ2n) is 10.8. The van der Waals surface area contributed by atoms with E-state index in [2.05, 4.69) is 163 Å². The van der Waals surface area contributed by atoms with Gasteiger partial charge in [-0.05, 0) is 81.6 Å². The van der Waals surface area contributed by atoms with Crippen LogP contribution in [0.3, 0.4) is 0 Å². The Morgan fingerprint density at radius 3 is 1.55 bits per heavy atom. The molecule has 40 heavy (non-hydrogen) atoms. The molecule has 0 unspecified atom stereocenters. The zero-order valence-corrected chi connectivity index (χ0v) is 22.4. The molecule has 1 nitrogen and oxygen atoms in total. The molecule has 0 bridgehead atoms. The lowest BCUT2D eigenvalue weighted by atomic mass is 9.69. The van der Waals surface area contributed by atoms with E-state index in [-0.39, 0.29) is 5.41 Å². The summed E-state index contributed by atoms with van der Waals surface area (Å²) in [5.74, 6) is 0. The van der Waals surface area contributed by atoms with Crippen molar-refractivity contribution in [3.8, 4) is 22.3 Å². The van der Waals surface area contributed by atoms with Crippen LogP contribution in [0, 0.1) is 0 Å². The quantitative estimate of drug-likeness (QED) is 0.224. The molecular formula is C39H31N. The summed E-state index contributed by atoms with van der Waals surface area (Å²) in [6, 6.07) is 57.1. The Hall–Kier alpha value is -4.88. The van der Waals surface area contributed by atoms with Crippen molar-refractivity contribution in [1.29, 1.82) is 0 Å². The second-order valence-corrected chi connectivity index (χ2v) is 10.8. The van der Waals surface area contributed by atoms with Gasteiger partial charge >= 0.3 is 0 Å². The summed E-state index contributed by atoms with van der Waals surface area (Å²) in [7, 11) is 0. The summed E-state index contributed by atoms with van der Waals surface area (Å²) in [5.41, 5.74) is 12.7. The van der Waals surface area contributed by atoms with E-state index in [1.165, 1.54) is 44.5 Å². The van der Waals surface area contributed by atoms with Gasteiger partial charge in [-0.1, -0.05) is 133 Å². The van der Waals surface area contributed by atoms with E-state index in [1.807, 2.05) is 0 Å². The average molecular weight is 514 g/mol. The van der Waals surface area contributed by atoms with Gasteiger partial charge in [0.1, 0.15) is 0 Å². The van der Waals surface area contributed by atoms with E-state index in [0.717, 1.165) is 24.2 Å². The van der Waals surface area contributed by atoms with Crippen molar-refractivity contribution >= 4 is 11.4 Å². The fourth-order valence-corrected chi connectivity index (χ4v) is 6.41. The van der Waals surface area contributed by atoms with Gasteiger partial charge in [0.2, 0.25) is 0 Å². The summed E-state index contributed by atoms with van der Waals surface area (Å²) in [6.07, 6.45) is 1.89. The first-order chi connectivity index (χ1) is 19.8. The van der Waals surface area contributed by atoms with Crippen molar-refractivity contribution in [1.82, 2.24) is 0 Å². The Labute approximate surface area is 236 Å². The zero-order chi connectivity index (χ0) is 26.8. The van der Waals surface area contributed by atoms with Crippen molar-refractivity contribution in [2.75, 3.05) is 5.32 Å². The molecule has 6 aromatic carbocycles. The van der Waals surface area contributed by atoms with E-state index in [0.29, 0.717) is 0 Å². The Morgan fingerprint density at radius 2 is 0.900 bits per heavy atom. The van der Waals surface area contributed by atoms with Crippen LogP contribution in [0.15, 0.2) is 158 Å². The van der Waals surface area contributed by atoms with E-state index in [4.69, 9.17) is 0 Å². The number of hydrogen-bond acceptors (Lipinski definition) is 1. The maximum Gasteiger partial charge on any atom is 0.0387 e. The van der Waals surface area contributed by atoms with Gasteiger partial charge in [0.25, 0.3) is 0 Å². The molecule has 0 aliphatic heterocycles. The molecule has 0 fully saturated rings. The number of rotatable bonds is 7. The molecule has 6 aromatic rings. The van der Waals surface area contributed by atoms with Crippen LogP contribution in [0.5, 0.6) is 0 Å². The number of fused-ring (bicyclic) bond motifs is 3. The van der Waals surface area contributed by atoms with Gasteiger partial charge in [-0.3, -0.25) is 0 Å². The Morgan fingerprint density at radius 1 is 0.400 bits per heavy atom. The number of benzene rings is 6. The topological polar surface area (TPSA) is 12.0 Å². The molecule has 0 heterocycles. The third kappa shape index (κ3) is 4.50. The molecular weight excluding hydrogens is 482 g/mol. The molecule has 7 rings (SSSR count). The highest BCUT2D eigenvalue weighted by Gasteiger charge is 2.43. The summed E-state index contributed by atoms with van der Waals surface area (Å²) in [6.45, 7) is 0. The minimum Gasteiger partial charge on any atom is -0.356 e. The maximum atomic E-state index is 3.70. The molecule has 192 valence electrons. The van der Waals surface area contributed by atoms with Crippen LogP contribution in [0.1, 0.15) is 22.3 Å². The van der Waals surface area contributed by atoms with Gasteiger partial charge in [0, 0.05) is 16.8 Å². The van der Waals surface area contributed by atoms with E-state index in [1.54, 1.807) is 0 Å². The van der Waals surface area contributed by atoms with E-state index in [9.17, 15) is 0 Å². The fraction of sp³-hybridized carbons (Fsp3) is 0.0769. The predicted octanol–water partition coefficient (Wildman–Crippen LogP) is 9.85. The Balaban J connectivity index is 1.31. The van der Waals surface area contributed by atoms with Gasteiger partial charge in [-0.2, -0.15) is 0 Å². The lowest BCUT2D eigenvalue weighted by Gasteiger charge is -2.33. The van der Waals surface area contributed by atoms with Gasteiger partial charge in [-0.25, -0.2) is 0 Å². The van der Waals surface area contributed by atoms with Crippen LogP contribution < -0.4 is 5.32 Å². The highest BCUT2D eigenvalue weighted by molar-refractivity contribution is 5.84. The first kappa shape index (κ1) is 24.2. The predicted molar refractivity (Wildman–Crippen MR) is 168 cm³/mol. The van der Waals surface area contributed by atoms with Crippen LogP contribution in [0.25, 0.3) is 22.3 Å². The molecule has 1 aliphatic rings. The van der Waals surface area contributed by atoms with Gasteiger partial charge in [0.15, 0.2) is 0 Å². The molecule has 1 heteroatoms. The van der Waals surface area contributed by atoms with Crippen LogP contribution in [0.2, 0.25) is 0 Å². The van der Waals surface area contributed by atoms with Crippen molar-refractivity contribution < 1.29 is 0 Å². The van der Waals surface area contributed by atoms with Crippen LogP contribution in [-0.2, 0) is 18.3 Å². The standard InChI is InChI=1S/C39H31N/c1-4-12-29(13-5-1)27-39(28-30-14-6-2-7-15-30)37-19-11-10-18-35(37)36-25-24-34(26-38(36)39)40-33-22-20-32(21-23-33)31-16-8-3-9-17-31/h1-26,40H,27-28H2.